The molecule has 0 aliphatic heterocycles. The molecule has 0 aromatic heterocycles. The summed E-state index contributed by atoms with van der Waals surface area (Å²) < 4.78 is 0. The van der Waals surface area contributed by atoms with Crippen LogP contribution in [0, 0.1) is 0 Å². The van der Waals surface area contributed by atoms with E-state index in [4.69, 9.17) is 39.6 Å². The topological polar surface area (TPSA) is 219 Å². The molecule has 0 aliphatic carbocycles. The zero-order chi connectivity index (χ0) is 16.3. The Balaban J connectivity index is -0.00000000609. The first-order chi connectivity index (χ1) is 7.93. The van der Waals surface area contributed by atoms with E-state index in [9.17, 15) is 0 Å². The number of rotatable bonds is 0. The number of carboxylic acids is 4. The molecule has 23 heavy (non-hydrogen) atoms. The molecule has 0 heterocycles. The molecule has 0 unspecified atom stereocenters. The zero-order valence-corrected chi connectivity index (χ0v) is 22.6. The number of hydrogen-bond acceptors (Lipinski definition) is 6. The molecule has 0 fully saturated rings. The van der Waals surface area contributed by atoms with Crippen molar-refractivity contribution in [2.24, 2.45) is 0 Å². The quantitative estimate of drug-likeness (QED) is 0.167. The van der Waals surface area contributed by atoms with E-state index in [1.54, 1.807) is 0 Å². The third-order valence-electron chi connectivity index (χ3n) is 0. The van der Waals surface area contributed by atoms with E-state index in [1.807, 2.05) is 0 Å². The summed E-state index contributed by atoms with van der Waals surface area (Å²) in [5.41, 5.74) is 0. The summed E-state index contributed by atoms with van der Waals surface area (Å²) in [6.45, 7) is 10.3. The van der Waals surface area contributed by atoms with Crippen molar-refractivity contribution in [3.8, 4) is 0 Å². The minimum absolute atomic E-state index is 0. The molecule has 0 aromatic carbocycles. The fourth-order valence-electron chi connectivity index (χ4n) is 0. The molecule has 0 saturated heterocycles. The summed E-state index contributed by atoms with van der Waals surface area (Å²) in [6, 6.07) is 0. The minimum atomic E-state index is -0.833. The Morgan fingerprint density at radius 2 is 0.609 bits per heavy atom. The fourth-order valence-corrected chi connectivity index (χ4v) is 0. The van der Waals surface area contributed by atoms with Crippen LogP contribution in [0.5, 0.6) is 0 Å². The van der Waals surface area contributed by atoms with Crippen LogP contribution in [0.4, 0.5) is 0 Å². The van der Waals surface area contributed by atoms with E-state index >= 15 is 0 Å². The Hall–Kier alpha value is 1.58. The van der Waals surface area contributed by atoms with Crippen molar-refractivity contribution < 1.29 is 148 Å². The molecule has 0 bridgehead atoms. The van der Waals surface area contributed by atoms with Crippen molar-refractivity contribution in [1.29, 1.82) is 0 Å². The summed E-state index contributed by atoms with van der Waals surface area (Å²) in [5.74, 6) is -3.33. The molecule has 0 atom stereocenters. The normalized spacial score (nSPS) is 4.52. The second-order valence-corrected chi connectivity index (χ2v) is 2.08. The van der Waals surface area contributed by atoms with Gasteiger partial charge in [-0.2, -0.15) is 0 Å². The van der Waals surface area contributed by atoms with Crippen molar-refractivity contribution in [2.75, 3.05) is 0 Å². The summed E-state index contributed by atoms with van der Waals surface area (Å²) in [5, 5.41) is 29.7. The van der Waals surface area contributed by atoms with Gasteiger partial charge in [0.1, 0.15) is 0 Å². The van der Waals surface area contributed by atoms with Crippen molar-refractivity contribution in [3.05, 3.63) is 13.2 Å². The maximum absolute atomic E-state index is 9.00. The first kappa shape index (κ1) is 64.3. The predicted molar refractivity (Wildman–Crippen MR) is 84.7 cm³/mol. The van der Waals surface area contributed by atoms with Gasteiger partial charge < -0.3 is 38.4 Å². The number of carbonyl (C=O) groups is 4. The SMILES string of the molecule is C=C.CC(=O)O.CC(=O)O.CC(=O)O.CC(=O)O.N.N.[H-].[H-].[H-].[H-].[K+].[K+].[Mg+2]. The molecule has 0 radical (unpaired) electrons. The van der Waals surface area contributed by atoms with Gasteiger partial charge in [-0.15, -0.1) is 13.2 Å². The second-order valence-electron chi connectivity index (χ2n) is 2.08. The molecule has 0 aliphatic rings. The van der Waals surface area contributed by atoms with Crippen LogP contribution in [0.25, 0.3) is 0 Å². The Labute approximate surface area is 244 Å². The van der Waals surface area contributed by atoms with Crippen LogP contribution in [0.3, 0.4) is 0 Å². The third-order valence-corrected chi connectivity index (χ3v) is 0. The molecule has 10 nitrogen and oxygen atoms in total. The monoisotopic (exact) mass is 408 g/mol. The van der Waals surface area contributed by atoms with Gasteiger partial charge >= 0.3 is 126 Å². The van der Waals surface area contributed by atoms with Crippen LogP contribution in [0.15, 0.2) is 13.2 Å². The average molecular weight is 409 g/mol. The van der Waals surface area contributed by atoms with E-state index in [-0.39, 0.29) is 144 Å². The van der Waals surface area contributed by atoms with Gasteiger partial charge in [0, 0.05) is 27.7 Å². The summed E-state index contributed by atoms with van der Waals surface area (Å²) in [7, 11) is 0. The molecule has 0 spiro atoms. The minimum Gasteiger partial charge on any atom is -1.00 e. The summed E-state index contributed by atoms with van der Waals surface area (Å²) in [6.07, 6.45) is 0. The van der Waals surface area contributed by atoms with Gasteiger partial charge in [0.25, 0.3) is 23.9 Å². The standard InChI is InChI=1S/4C2H4O2.C2H4.2K.Mg.2H3N.4H/c4*1-2(3)4;1-2;;;;;;;;;/h4*1H3,(H,3,4);1-2H2;;;;2*1H3;;;;/q;;;;;2*+1;+2;;;4*-1. The van der Waals surface area contributed by atoms with Gasteiger partial charge in [0.2, 0.25) is 0 Å². The van der Waals surface area contributed by atoms with Gasteiger partial charge in [0.05, 0.1) is 0 Å². The molecular formula is C10H30K2MgN2O8. The largest absolute Gasteiger partial charge is 2.00 e. The Morgan fingerprint density at radius 1 is 0.609 bits per heavy atom. The van der Waals surface area contributed by atoms with Crippen LogP contribution in [-0.4, -0.2) is 67.4 Å². The molecule has 132 valence electrons. The van der Waals surface area contributed by atoms with Gasteiger partial charge in [-0.3, -0.25) is 19.2 Å². The Bertz CT molecular complexity index is 211. The Kier molecular flexibility index (Phi) is 182. The molecule has 0 amide bonds. The number of carboxylic acid groups (broad SMARTS) is 4. The molecule has 10 N–H and O–H groups in total. The van der Waals surface area contributed by atoms with Crippen molar-refractivity contribution >= 4 is 46.9 Å². The maximum atomic E-state index is 9.00. The predicted octanol–water partition coefficient (Wildman–Crippen LogP) is -4.43. The van der Waals surface area contributed by atoms with Crippen molar-refractivity contribution in [3.63, 3.8) is 0 Å². The van der Waals surface area contributed by atoms with Crippen LogP contribution >= 0.6 is 0 Å². The maximum Gasteiger partial charge on any atom is 2.00 e. The van der Waals surface area contributed by atoms with Crippen molar-refractivity contribution in [1.82, 2.24) is 12.3 Å². The van der Waals surface area contributed by atoms with Crippen molar-refractivity contribution in [2.45, 2.75) is 27.7 Å². The van der Waals surface area contributed by atoms with Gasteiger partial charge in [-0.1, -0.05) is 0 Å². The Morgan fingerprint density at radius 3 is 0.609 bits per heavy atom. The first-order valence-electron chi connectivity index (χ1n) is 4.21. The van der Waals surface area contributed by atoms with E-state index in [0.717, 1.165) is 27.7 Å². The van der Waals surface area contributed by atoms with E-state index in [1.165, 1.54) is 0 Å². The van der Waals surface area contributed by atoms with Gasteiger partial charge in [0.15, 0.2) is 0 Å². The van der Waals surface area contributed by atoms with Gasteiger partial charge in [-0.25, -0.2) is 0 Å². The second kappa shape index (κ2) is 65.2. The fraction of sp³-hybridized carbons (Fsp3) is 0.400. The number of aliphatic carboxylic acids is 4. The summed E-state index contributed by atoms with van der Waals surface area (Å²) >= 11 is 0. The average Bonchev–Trinajstić information content (AvgIpc) is 2.01. The third kappa shape index (κ3) is 4400. The molecule has 0 rings (SSSR count). The van der Waals surface area contributed by atoms with E-state index in [2.05, 4.69) is 13.2 Å². The van der Waals surface area contributed by atoms with E-state index < -0.39 is 23.9 Å². The zero-order valence-electron chi connectivity index (χ0n) is 19.0. The molecular weight excluding hydrogens is 379 g/mol. The molecule has 13 heteroatoms. The van der Waals surface area contributed by atoms with Crippen LogP contribution in [-0.2, 0) is 19.2 Å². The smallest absolute Gasteiger partial charge is 1.00 e. The van der Waals surface area contributed by atoms with Crippen LogP contribution in [0.2, 0.25) is 0 Å². The van der Waals surface area contributed by atoms with Crippen LogP contribution in [0.1, 0.15) is 33.4 Å². The molecule has 0 saturated carbocycles. The number of hydrogen-bond donors (Lipinski definition) is 6. The van der Waals surface area contributed by atoms with E-state index in [0.29, 0.717) is 0 Å². The van der Waals surface area contributed by atoms with Crippen LogP contribution < -0.4 is 115 Å². The molecule has 0 aromatic rings. The first-order valence-corrected chi connectivity index (χ1v) is 4.21. The summed E-state index contributed by atoms with van der Waals surface area (Å²) in [4.78, 5) is 36.0. The van der Waals surface area contributed by atoms with Gasteiger partial charge in [-0.05, 0) is 0 Å².